The molecule has 0 bridgehead atoms. The van der Waals surface area contributed by atoms with Gasteiger partial charge in [-0.05, 0) is 81.4 Å². The minimum atomic E-state index is -2.87. The Labute approximate surface area is 341 Å². The van der Waals surface area contributed by atoms with Gasteiger partial charge in [0.2, 0.25) is 0 Å². The molecule has 0 aliphatic carbocycles. The third kappa shape index (κ3) is 4.83. The van der Waals surface area contributed by atoms with Gasteiger partial charge in [0.15, 0.2) is 8.07 Å². The Morgan fingerprint density at radius 1 is 0.276 bits per heavy atom. The molecule has 0 saturated heterocycles. The Bertz CT molecular complexity index is 3410. The fraction of sp³-hybridized carbons (Fsp3) is 0. The molecule has 3 aromatic heterocycles. The predicted octanol–water partition coefficient (Wildman–Crippen LogP) is 11.6. The standard InChI is InChI=1S/C54H36N2SSi/c1-3-17-39(18-4-1)58(40-19-5-2-6-20-40,42-21-15-16-38(34-42)56-49-26-11-7-22-43(49)44-23-8-12-27-50(44)56)41-32-30-37(31-33-41)55-51-28-13-9-24-45(51)47-36-54-48(35-52(47)55)46-25-10-14-29-53(46)57-54/h1-36H. The highest BCUT2D eigenvalue weighted by Gasteiger charge is 2.41. The first-order valence-electron chi connectivity index (χ1n) is 19.9. The van der Waals surface area contributed by atoms with E-state index in [1.165, 1.54) is 90.2 Å². The molecule has 0 aliphatic heterocycles. The molecule has 272 valence electrons. The van der Waals surface area contributed by atoms with Crippen molar-refractivity contribution in [2.24, 2.45) is 0 Å². The molecular formula is C54H36N2SSi. The molecule has 0 saturated carbocycles. The second-order valence-corrected chi connectivity index (χ2v) is 20.2. The van der Waals surface area contributed by atoms with Crippen LogP contribution in [-0.4, -0.2) is 17.2 Å². The van der Waals surface area contributed by atoms with Crippen molar-refractivity contribution in [2.75, 3.05) is 0 Å². The molecule has 0 aliphatic rings. The van der Waals surface area contributed by atoms with E-state index < -0.39 is 8.07 Å². The van der Waals surface area contributed by atoms with Gasteiger partial charge in [-0.15, -0.1) is 11.3 Å². The molecule has 9 aromatic carbocycles. The van der Waals surface area contributed by atoms with Crippen LogP contribution >= 0.6 is 11.3 Å². The van der Waals surface area contributed by atoms with Gasteiger partial charge in [0.05, 0.1) is 22.1 Å². The van der Waals surface area contributed by atoms with Crippen molar-refractivity contribution in [3.8, 4) is 11.4 Å². The second kappa shape index (κ2) is 13.0. The fourth-order valence-corrected chi connectivity index (χ4v) is 15.7. The van der Waals surface area contributed by atoms with Gasteiger partial charge in [0.25, 0.3) is 0 Å². The molecule has 12 aromatic rings. The van der Waals surface area contributed by atoms with Gasteiger partial charge >= 0.3 is 0 Å². The first-order chi connectivity index (χ1) is 28.8. The summed E-state index contributed by atoms with van der Waals surface area (Å²) in [6, 6.07) is 81.6. The summed E-state index contributed by atoms with van der Waals surface area (Å²) < 4.78 is 7.58. The zero-order chi connectivity index (χ0) is 38.2. The number of para-hydroxylation sites is 3. The van der Waals surface area contributed by atoms with Crippen LogP contribution in [-0.2, 0) is 0 Å². The lowest BCUT2D eigenvalue weighted by Gasteiger charge is -2.35. The molecule has 0 radical (unpaired) electrons. The fourth-order valence-electron chi connectivity index (χ4n) is 9.78. The van der Waals surface area contributed by atoms with Crippen molar-refractivity contribution in [1.29, 1.82) is 0 Å². The van der Waals surface area contributed by atoms with Crippen LogP contribution in [0.15, 0.2) is 218 Å². The average Bonchev–Trinajstić information content (AvgIpc) is 3.94. The molecule has 0 N–H and O–H groups in total. The lowest BCUT2D eigenvalue weighted by Crippen LogP contribution is -2.74. The summed E-state index contributed by atoms with van der Waals surface area (Å²) in [4.78, 5) is 0. The number of benzene rings is 9. The third-order valence-electron chi connectivity index (χ3n) is 12.3. The molecule has 3 heterocycles. The maximum atomic E-state index is 2.47. The zero-order valence-electron chi connectivity index (χ0n) is 31.6. The van der Waals surface area contributed by atoms with Crippen LogP contribution in [0, 0.1) is 0 Å². The van der Waals surface area contributed by atoms with E-state index in [-0.39, 0.29) is 0 Å². The van der Waals surface area contributed by atoms with Crippen LogP contribution in [0.4, 0.5) is 0 Å². The van der Waals surface area contributed by atoms with Crippen LogP contribution in [0.5, 0.6) is 0 Å². The van der Waals surface area contributed by atoms with E-state index in [1.54, 1.807) is 0 Å². The maximum Gasteiger partial charge on any atom is 0.179 e. The number of hydrogen-bond acceptors (Lipinski definition) is 1. The third-order valence-corrected chi connectivity index (χ3v) is 18.2. The summed E-state index contributed by atoms with van der Waals surface area (Å²) in [5.41, 5.74) is 7.23. The van der Waals surface area contributed by atoms with Crippen molar-refractivity contribution >= 4 is 104 Å². The summed E-state index contributed by atoms with van der Waals surface area (Å²) >= 11 is 1.88. The van der Waals surface area contributed by atoms with Crippen molar-refractivity contribution in [3.05, 3.63) is 218 Å². The zero-order valence-corrected chi connectivity index (χ0v) is 33.4. The summed E-state index contributed by atoms with van der Waals surface area (Å²) in [5.74, 6) is 0. The van der Waals surface area contributed by atoms with Crippen molar-refractivity contribution in [2.45, 2.75) is 0 Å². The first kappa shape index (κ1) is 33.2. The lowest BCUT2D eigenvalue weighted by molar-refractivity contribution is 1.18. The van der Waals surface area contributed by atoms with Gasteiger partial charge in [0.1, 0.15) is 0 Å². The van der Waals surface area contributed by atoms with Crippen LogP contribution in [0.2, 0.25) is 0 Å². The van der Waals surface area contributed by atoms with E-state index in [1.807, 2.05) is 11.3 Å². The molecule has 58 heavy (non-hydrogen) atoms. The Morgan fingerprint density at radius 2 is 0.759 bits per heavy atom. The van der Waals surface area contributed by atoms with Crippen molar-refractivity contribution in [3.63, 3.8) is 0 Å². The minimum Gasteiger partial charge on any atom is -0.309 e. The predicted molar refractivity (Wildman–Crippen MR) is 252 cm³/mol. The number of aromatic nitrogens is 2. The molecule has 0 atom stereocenters. The van der Waals surface area contributed by atoms with Crippen LogP contribution < -0.4 is 20.7 Å². The Balaban J connectivity index is 1.10. The summed E-state index contributed by atoms with van der Waals surface area (Å²) in [7, 11) is -2.87. The first-order valence-corrected chi connectivity index (χ1v) is 22.7. The Kier molecular flexibility index (Phi) is 7.46. The van der Waals surface area contributed by atoms with E-state index in [0.717, 1.165) is 5.69 Å². The summed E-state index contributed by atoms with van der Waals surface area (Å²) in [6.45, 7) is 0. The molecule has 12 rings (SSSR count). The van der Waals surface area contributed by atoms with Crippen molar-refractivity contribution in [1.82, 2.24) is 9.13 Å². The highest BCUT2D eigenvalue weighted by molar-refractivity contribution is 7.26. The highest BCUT2D eigenvalue weighted by atomic mass is 32.1. The smallest absolute Gasteiger partial charge is 0.179 e. The second-order valence-electron chi connectivity index (χ2n) is 15.3. The number of hydrogen-bond donors (Lipinski definition) is 0. The number of fused-ring (bicyclic) bond motifs is 9. The quantitative estimate of drug-likeness (QED) is 0.118. The van der Waals surface area contributed by atoms with Crippen LogP contribution in [0.1, 0.15) is 0 Å². The molecule has 0 fully saturated rings. The largest absolute Gasteiger partial charge is 0.309 e. The molecule has 0 spiro atoms. The molecule has 0 amide bonds. The van der Waals surface area contributed by atoms with E-state index in [2.05, 4.69) is 228 Å². The molecular weight excluding hydrogens is 737 g/mol. The van der Waals surface area contributed by atoms with Gasteiger partial charge in [0, 0.05) is 53.1 Å². The van der Waals surface area contributed by atoms with Gasteiger partial charge in [-0.3, -0.25) is 0 Å². The number of thiophene rings is 1. The average molecular weight is 773 g/mol. The van der Waals surface area contributed by atoms with E-state index in [9.17, 15) is 0 Å². The number of rotatable bonds is 6. The van der Waals surface area contributed by atoms with E-state index in [0.29, 0.717) is 0 Å². The molecule has 0 unspecified atom stereocenters. The topological polar surface area (TPSA) is 9.86 Å². The van der Waals surface area contributed by atoms with Crippen LogP contribution in [0.25, 0.3) is 75.2 Å². The van der Waals surface area contributed by atoms with E-state index in [4.69, 9.17) is 0 Å². The molecule has 4 heteroatoms. The maximum absolute atomic E-state index is 2.87. The van der Waals surface area contributed by atoms with Gasteiger partial charge in [-0.2, -0.15) is 0 Å². The normalized spacial score (nSPS) is 12.1. The van der Waals surface area contributed by atoms with Gasteiger partial charge < -0.3 is 9.13 Å². The van der Waals surface area contributed by atoms with Crippen LogP contribution in [0.3, 0.4) is 0 Å². The Morgan fingerprint density at radius 3 is 1.38 bits per heavy atom. The minimum absolute atomic E-state index is 1.16. The monoisotopic (exact) mass is 772 g/mol. The van der Waals surface area contributed by atoms with E-state index >= 15 is 0 Å². The SMILES string of the molecule is c1ccc([Si](c2ccccc2)(c2ccc(-n3c4ccccc4c4cc5sc6ccccc6c5cc43)cc2)c2cccc(-n3c4ccccc4c4ccccc43)c2)cc1. The summed E-state index contributed by atoms with van der Waals surface area (Å²) in [6.07, 6.45) is 0. The van der Waals surface area contributed by atoms with Gasteiger partial charge in [-0.1, -0.05) is 158 Å². The van der Waals surface area contributed by atoms with Crippen molar-refractivity contribution < 1.29 is 0 Å². The summed E-state index contributed by atoms with van der Waals surface area (Å²) in [5, 5.41) is 13.2. The molecule has 2 nitrogen and oxygen atoms in total. The lowest BCUT2D eigenvalue weighted by atomic mass is 10.1. The number of nitrogens with zero attached hydrogens (tertiary/aromatic N) is 2. The Hall–Kier alpha value is -6.98. The highest BCUT2D eigenvalue weighted by Crippen LogP contribution is 2.40. The van der Waals surface area contributed by atoms with Gasteiger partial charge in [-0.25, -0.2) is 0 Å².